The number of carboxylic acids is 1. The summed E-state index contributed by atoms with van der Waals surface area (Å²) < 4.78 is 5.28. The highest BCUT2D eigenvalue weighted by molar-refractivity contribution is 6.71. The van der Waals surface area contributed by atoms with E-state index in [2.05, 4.69) is 60.0 Å². The first-order valence-electron chi connectivity index (χ1n) is 15.2. The van der Waals surface area contributed by atoms with Crippen LogP contribution in [-0.2, 0) is 17.6 Å². The number of carbonyl (C=O) groups is 2. The summed E-state index contributed by atoms with van der Waals surface area (Å²) >= 11 is 0. The number of aromatic hydroxyl groups is 1. The molecule has 5 N–H and O–H groups in total. The van der Waals surface area contributed by atoms with E-state index in [4.69, 9.17) is 9.52 Å². The molecule has 1 aliphatic carbocycles. The molecule has 5 rings (SSSR count). The van der Waals surface area contributed by atoms with E-state index in [0.29, 0.717) is 11.4 Å². The van der Waals surface area contributed by atoms with Gasteiger partial charge in [-0.2, -0.15) is 15.2 Å². The van der Waals surface area contributed by atoms with E-state index in [-0.39, 0.29) is 40.1 Å². The van der Waals surface area contributed by atoms with E-state index in [0.717, 1.165) is 45.4 Å². The number of phenolic OH excluding ortho intramolecular Hbond substituents is 1. The van der Waals surface area contributed by atoms with Gasteiger partial charge >= 0.3 is 11.9 Å². The number of furan rings is 1. The Morgan fingerprint density at radius 2 is 1.61 bits per heavy atom. The number of nitrogens with zero attached hydrogens (tertiary/aromatic N) is 3. The number of phenols is 1. The average molecular weight is 605 g/mol. The van der Waals surface area contributed by atoms with Gasteiger partial charge in [-0.1, -0.05) is 39.8 Å². The number of aryl methyl sites for hydroxylation is 2. The molecule has 0 atom stereocenters. The van der Waals surface area contributed by atoms with Crippen molar-refractivity contribution in [2.24, 2.45) is 10.2 Å². The fraction of sp³-hybridized carbons (Fsp3) is 0.394. The lowest BCUT2D eigenvalue weighted by molar-refractivity contribution is -0.112. The maximum Gasteiger partial charge on any atom is 0.371 e. The van der Waals surface area contributed by atoms with Gasteiger partial charge in [0.15, 0.2) is 11.5 Å². The first kappa shape index (κ1) is 34.0. The van der Waals surface area contributed by atoms with Crippen LogP contribution in [0.2, 0.25) is 0 Å². The van der Waals surface area contributed by atoms with Crippen molar-refractivity contribution in [2.45, 2.75) is 60.3 Å². The third-order valence-electron chi connectivity index (χ3n) is 6.97. The average Bonchev–Trinajstić information content (AvgIpc) is 3.63. The zero-order valence-electron chi connectivity index (χ0n) is 26.2. The number of amides is 1. The van der Waals surface area contributed by atoms with Gasteiger partial charge in [0, 0.05) is 0 Å². The molecule has 0 spiro atoms. The Balaban J connectivity index is 0.000000461. The highest BCUT2D eigenvalue weighted by Gasteiger charge is 2.31. The summed E-state index contributed by atoms with van der Waals surface area (Å²) in [5.74, 6) is -1.80. The number of nitrogens with one attached hydrogen (secondary N) is 3. The van der Waals surface area contributed by atoms with Crippen LogP contribution in [0.1, 0.15) is 69.1 Å². The Bertz CT molecular complexity index is 1470. The lowest BCUT2D eigenvalue weighted by Gasteiger charge is -2.19. The van der Waals surface area contributed by atoms with Crippen LogP contribution in [-0.4, -0.2) is 59.7 Å². The van der Waals surface area contributed by atoms with E-state index in [1.165, 1.54) is 34.7 Å². The molecule has 0 saturated carbocycles. The van der Waals surface area contributed by atoms with Crippen LogP contribution >= 0.6 is 0 Å². The Labute approximate surface area is 259 Å². The molecule has 11 nitrogen and oxygen atoms in total. The van der Waals surface area contributed by atoms with Crippen molar-refractivity contribution in [3.8, 4) is 17.1 Å². The zero-order valence-corrected chi connectivity index (χ0v) is 26.2. The molecular weight excluding hydrogens is 560 g/mol. The quantitative estimate of drug-likeness (QED) is 0.155. The van der Waals surface area contributed by atoms with Crippen molar-refractivity contribution in [2.75, 3.05) is 36.6 Å². The molecule has 1 amide bonds. The van der Waals surface area contributed by atoms with E-state index >= 15 is 0 Å². The minimum atomic E-state index is -1.20. The third-order valence-corrected chi connectivity index (χ3v) is 6.97. The number of hydrogen-bond acceptors (Lipinski definition) is 9. The lowest BCUT2D eigenvalue weighted by Crippen LogP contribution is -2.28. The van der Waals surface area contributed by atoms with Gasteiger partial charge in [0.2, 0.25) is 5.76 Å². The first-order chi connectivity index (χ1) is 21.2. The molecule has 2 aromatic carbocycles. The van der Waals surface area contributed by atoms with Crippen molar-refractivity contribution in [1.29, 1.82) is 0 Å². The second kappa shape index (κ2) is 17.0. The fourth-order valence-electron chi connectivity index (χ4n) is 4.70. The van der Waals surface area contributed by atoms with Crippen LogP contribution in [0.25, 0.3) is 11.3 Å². The molecule has 2 heterocycles. The lowest BCUT2D eigenvalue weighted by atomic mass is 9.91. The number of hydrogen-bond donors (Lipinski definition) is 5. The molecule has 0 saturated heterocycles. The summed E-state index contributed by atoms with van der Waals surface area (Å²) in [7, 11) is 0. The SMILES string of the molecule is CC1=NN(c2ccc3c(c2)CCCC3)C(=O)C1=NNc1cccc(-c2ccc(C(=O)O)o2)c1O.CCNCC.CCNCC. The van der Waals surface area contributed by atoms with Gasteiger partial charge in [0.1, 0.15) is 5.76 Å². The molecule has 0 unspecified atom stereocenters. The van der Waals surface area contributed by atoms with Crippen molar-refractivity contribution >= 4 is 34.7 Å². The standard InChI is InChI=1S/C25H22N4O5.2C4H11N/c1-14-22(24(31)29(28-14)17-10-9-15-5-2-3-6-16(15)13-17)27-26-19-8-4-7-18(23(19)30)20-11-12-21(34-20)25(32)33;2*1-3-5-4-2/h4,7-13,26,30H,2-3,5-6H2,1H3,(H,32,33);2*5H,3-4H2,1-2H3. The number of aromatic carboxylic acids is 1. The van der Waals surface area contributed by atoms with Crippen LogP contribution in [0.5, 0.6) is 5.75 Å². The number of anilines is 2. The van der Waals surface area contributed by atoms with Crippen LogP contribution in [0.3, 0.4) is 0 Å². The molecule has 44 heavy (non-hydrogen) atoms. The molecule has 236 valence electrons. The van der Waals surface area contributed by atoms with Gasteiger partial charge in [0.05, 0.1) is 22.6 Å². The second-order valence-electron chi connectivity index (χ2n) is 10.1. The third kappa shape index (κ3) is 8.77. The fourth-order valence-corrected chi connectivity index (χ4v) is 4.70. The van der Waals surface area contributed by atoms with Crippen LogP contribution in [0.4, 0.5) is 11.4 Å². The topological polar surface area (TPSA) is 152 Å². The zero-order chi connectivity index (χ0) is 32.1. The number of fused-ring (bicyclic) bond motifs is 1. The highest BCUT2D eigenvalue weighted by atomic mass is 16.4. The summed E-state index contributed by atoms with van der Waals surface area (Å²) in [6, 6.07) is 13.6. The molecule has 0 fully saturated rings. The van der Waals surface area contributed by atoms with E-state index in [9.17, 15) is 14.7 Å². The van der Waals surface area contributed by atoms with E-state index in [1.54, 1.807) is 25.1 Å². The van der Waals surface area contributed by atoms with Gasteiger partial charge < -0.3 is 25.3 Å². The molecule has 11 heteroatoms. The first-order valence-corrected chi connectivity index (χ1v) is 15.2. The van der Waals surface area contributed by atoms with Gasteiger partial charge in [-0.25, -0.2) is 4.79 Å². The number of para-hydroxylation sites is 1. The predicted molar refractivity (Wildman–Crippen MR) is 176 cm³/mol. The van der Waals surface area contributed by atoms with Crippen molar-refractivity contribution in [1.82, 2.24) is 10.6 Å². The van der Waals surface area contributed by atoms with Crippen molar-refractivity contribution < 1.29 is 24.2 Å². The van der Waals surface area contributed by atoms with Crippen LogP contribution in [0, 0.1) is 0 Å². The largest absolute Gasteiger partial charge is 0.505 e. The predicted octanol–water partition coefficient (Wildman–Crippen LogP) is 5.65. The molecule has 0 radical (unpaired) electrons. The van der Waals surface area contributed by atoms with E-state index < -0.39 is 5.97 Å². The molecule has 1 aliphatic heterocycles. The maximum absolute atomic E-state index is 13.1. The number of hydrazone groups is 2. The number of carboxylic acid groups (broad SMARTS) is 1. The van der Waals surface area contributed by atoms with E-state index in [1.807, 2.05) is 12.1 Å². The minimum Gasteiger partial charge on any atom is -0.505 e. The second-order valence-corrected chi connectivity index (χ2v) is 10.1. The van der Waals surface area contributed by atoms with Crippen LogP contribution < -0.4 is 21.1 Å². The Kier molecular flexibility index (Phi) is 13.1. The van der Waals surface area contributed by atoms with Crippen LogP contribution in [0.15, 0.2) is 63.2 Å². The Hall–Kier alpha value is -4.48. The normalized spacial score (nSPS) is 14.7. The summed E-state index contributed by atoms with van der Waals surface area (Å²) in [5, 5.41) is 35.9. The molecule has 0 bridgehead atoms. The van der Waals surface area contributed by atoms with Crippen molar-refractivity contribution in [3.63, 3.8) is 0 Å². The minimum absolute atomic E-state index is 0.133. The molecular formula is C33H44N6O5. The molecule has 1 aromatic heterocycles. The highest BCUT2D eigenvalue weighted by Crippen LogP contribution is 2.36. The number of carbonyl (C=O) groups excluding carboxylic acids is 1. The van der Waals surface area contributed by atoms with Gasteiger partial charge in [-0.15, -0.1) is 0 Å². The summed E-state index contributed by atoms with van der Waals surface area (Å²) in [4.78, 5) is 24.1. The summed E-state index contributed by atoms with van der Waals surface area (Å²) in [5.41, 5.74) is 7.10. The molecule has 3 aromatic rings. The number of benzene rings is 2. The Morgan fingerprint density at radius 1 is 0.955 bits per heavy atom. The smallest absolute Gasteiger partial charge is 0.371 e. The summed E-state index contributed by atoms with van der Waals surface area (Å²) in [6.45, 7) is 14.5. The number of rotatable bonds is 9. The monoisotopic (exact) mass is 604 g/mol. The maximum atomic E-state index is 13.1. The van der Waals surface area contributed by atoms with Gasteiger partial charge in [0.25, 0.3) is 0 Å². The van der Waals surface area contributed by atoms with Gasteiger partial charge in [-0.05, 0) is 106 Å². The Morgan fingerprint density at radius 3 is 2.20 bits per heavy atom. The molecule has 2 aliphatic rings. The van der Waals surface area contributed by atoms with Crippen molar-refractivity contribution in [3.05, 3.63) is 65.4 Å². The summed E-state index contributed by atoms with van der Waals surface area (Å²) in [6.07, 6.45) is 4.38. The van der Waals surface area contributed by atoms with Gasteiger partial charge in [-0.3, -0.25) is 10.2 Å².